The number of sulfone groups is 1. The summed E-state index contributed by atoms with van der Waals surface area (Å²) in [4.78, 5) is 11.9. The lowest BCUT2D eigenvalue weighted by Crippen LogP contribution is -2.24. The average molecular weight is 341 g/mol. The van der Waals surface area contributed by atoms with Crippen LogP contribution in [-0.2, 0) is 14.6 Å². The van der Waals surface area contributed by atoms with Gasteiger partial charge in [-0.25, -0.2) is 8.42 Å². The van der Waals surface area contributed by atoms with Crippen LogP contribution in [0.25, 0.3) is 0 Å². The van der Waals surface area contributed by atoms with Gasteiger partial charge in [0.1, 0.15) is 6.07 Å². The van der Waals surface area contributed by atoms with Gasteiger partial charge in [0.15, 0.2) is 9.84 Å². The molecule has 2 rings (SSSR count). The van der Waals surface area contributed by atoms with Gasteiger partial charge in [-0.3, -0.25) is 4.79 Å². The largest absolute Gasteiger partial charge is 0.326 e. The SMILES string of the molecule is N#Cc1ccc(NC(=O)CCS(=O)(=O)C2CCCC2)cc1Cl. The van der Waals surface area contributed by atoms with Crippen LogP contribution >= 0.6 is 11.6 Å². The van der Waals surface area contributed by atoms with E-state index in [1.165, 1.54) is 12.1 Å². The summed E-state index contributed by atoms with van der Waals surface area (Å²) in [5.74, 6) is -0.504. The number of rotatable bonds is 5. The second-order valence-corrected chi connectivity index (χ2v) is 8.19. The number of amides is 1. The lowest BCUT2D eigenvalue weighted by atomic mass is 10.2. The Labute approximate surface area is 135 Å². The quantitative estimate of drug-likeness (QED) is 0.892. The zero-order chi connectivity index (χ0) is 16.2. The molecule has 1 fully saturated rings. The van der Waals surface area contributed by atoms with Crippen molar-refractivity contribution < 1.29 is 13.2 Å². The third-order valence-corrected chi connectivity index (χ3v) is 6.37. The van der Waals surface area contributed by atoms with Crippen LogP contribution in [0.3, 0.4) is 0 Å². The maximum Gasteiger partial charge on any atom is 0.225 e. The Balaban J connectivity index is 1.90. The van der Waals surface area contributed by atoms with Gasteiger partial charge in [-0.2, -0.15) is 5.26 Å². The van der Waals surface area contributed by atoms with Crippen LogP contribution in [0.15, 0.2) is 18.2 Å². The van der Waals surface area contributed by atoms with Gasteiger partial charge >= 0.3 is 0 Å². The Kier molecular flexibility index (Phi) is 5.43. The van der Waals surface area contributed by atoms with Crippen molar-refractivity contribution in [3.8, 4) is 6.07 Å². The van der Waals surface area contributed by atoms with Crippen LogP contribution in [-0.4, -0.2) is 25.3 Å². The van der Waals surface area contributed by atoms with Crippen molar-refractivity contribution in [2.24, 2.45) is 0 Å². The Bertz CT molecular complexity index is 704. The van der Waals surface area contributed by atoms with E-state index in [9.17, 15) is 13.2 Å². The second kappa shape index (κ2) is 7.12. The number of benzene rings is 1. The lowest BCUT2D eigenvalue weighted by Gasteiger charge is -2.11. The summed E-state index contributed by atoms with van der Waals surface area (Å²) < 4.78 is 24.2. The third-order valence-electron chi connectivity index (χ3n) is 3.80. The van der Waals surface area contributed by atoms with Crippen molar-refractivity contribution in [3.63, 3.8) is 0 Å². The molecular formula is C15H17ClN2O3S. The number of hydrogen-bond acceptors (Lipinski definition) is 4. The first kappa shape index (κ1) is 16.8. The fourth-order valence-corrected chi connectivity index (χ4v) is 4.63. The summed E-state index contributed by atoms with van der Waals surface area (Å²) in [7, 11) is -3.20. The molecule has 118 valence electrons. The molecule has 0 radical (unpaired) electrons. The van der Waals surface area contributed by atoms with Gasteiger partial charge in [-0.1, -0.05) is 24.4 Å². The molecule has 1 amide bonds. The minimum Gasteiger partial charge on any atom is -0.326 e. The summed E-state index contributed by atoms with van der Waals surface area (Å²) in [5.41, 5.74) is 0.774. The van der Waals surface area contributed by atoms with E-state index in [-0.39, 0.29) is 28.4 Å². The lowest BCUT2D eigenvalue weighted by molar-refractivity contribution is -0.115. The Morgan fingerprint density at radius 2 is 2.05 bits per heavy atom. The first-order valence-electron chi connectivity index (χ1n) is 7.13. The predicted octanol–water partition coefficient (Wildman–Crippen LogP) is 2.90. The smallest absolute Gasteiger partial charge is 0.225 e. The van der Waals surface area contributed by atoms with Crippen molar-refractivity contribution in [1.82, 2.24) is 0 Å². The summed E-state index contributed by atoms with van der Waals surface area (Å²) >= 11 is 5.88. The van der Waals surface area contributed by atoms with Crippen LogP contribution in [0.1, 0.15) is 37.7 Å². The third kappa shape index (κ3) is 4.21. The first-order chi connectivity index (χ1) is 10.4. The zero-order valence-electron chi connectivity index (χ0n) is 12.0. The number of anilines is 1. The van der Waals surface area contributed by atoms with Crippen LogP contribution in [0.2, 0.25) is 5.02 Å². The summed E-state index contributed by atoms with van der Waals surface area (Å²) in [6.45, 7) is 0. The minimum atomic E-state index is -3.20. The van der Waals surface area contributed by atoms with Gasteiger partial charge in [0.25, 0.3) is 0 Å². The highest BCUT2D eigenvalue weighted by Gasteiger charge is 2.28. The molecule has 1 aliphatic rings. The number of hydrogen-bond donors (Lipinski definition) is 1. The van der Waals surface area contributed by atoms with E-state index in [1.54, 1.807) is 6.07 Å². The van der Waals surface area contributed by atoms with E-state index in [4.69, 9.17) is 16.9 Å². The standard InChI is InChI=1S/C15H17ClN2O3S/c16-14-9-12(6-5-11(14)10-17)18-15(19)7-8-22(20,21)13-3-1-2-4-13/h5-6,9,13H,1-4,7-8H2,(H,18,19). The number of carbonyl (C=O) groups excluding carboxylic acids is 1. The van der Waals surface area contributed by atoms with Crippen molar-refractivity contribution in [2.45, 2.75) is 37.4 Å². The van der Waals surface area contributed by atoms with Gasteiger partial charge in [0.05, 0.1) is 21.6 Å². The zero-order valence-corrected chi connectivity index (χ0v) is 13.6. The fraction of sp³-hybridized carbons (Fsp3) is 0.467. The fourth-order valence-electron chi connectivity index (χ4n) is 2.56. The van der Waals surface area contributed by atoms with E-state index in [2.05, 4.69) is 5.32 Å². The van der Waals surface area contributed by atoms with Crippen LogP contribution in [0, 0.1) is 11.3 Å². The molecule has 0 aliphatic heterocycles. The first-order valence-corrected chi connectivity index (χ1v) is 9.23. The highest BCUT2D eigenvalue weighted by atomic mass is 35.5. The molecule has 0 unspecified atom stereocenters. The molecule has 0 aromatic heterocycles. The van der Waals surface area contributed by atoms with Crippen molar-refractivity contribution in [3.05, 3.63) is 28.8 Å². The van der Waals surface area contributed by atoms with Gasteiger partial charge < -0.3 is 5.32 Å². The number of halogens is 1. The van der Waals surface area contributed by atoms with Crippen molar-refractivity contribution in [1.29, 1.82) is 5.26 Å². The van der Waals surface area contributed by atoms with Crippen LogP contribution in [0.5, 0.6) is 0 Å². The molecule has 0 saturated heterocycles. The second-order valence-electron chi connectivity index (χ2n) is 5.38. The Morgan fingerprint density at radius 3 is 2.64 bits per heavy atom. The number of nitrogens with one attached hydrogen (secondary N) is 1. The van der Waals surface area contributed by atoms with Crippen LogP contribution < -0.4 is 5.32 Å². The molecule has 0 bridgehead atoms. The maximum atomic E-state index is 12.1. The molecule has 22 heavy (non-hydrogen) atoms. The summed E-state index contributed by atoms with van der Waals surface area (Å²) in [6.07, 6.45) is 3.22. The summed E-state index contributed by atoms with van der Waals surface area (Å²) in [6, 6.07) is 6.47. The van der Waals surface area contributed by atoms with Gasteiger partial charge in [-0.05, 0) is 31.0 Å². The monoisotopic (exact) mass is 340 g/mol. The van der Waals surface area contributed by atoms with E-state index >= 15 is 0 Å². The molecular weight excluding hydrogens is 324 g/mol. The van der Waals surface area contributed by atoms with Gasteiger partial charge in [0, 0.05) is 12.1 Å². The van der Waals surface area contributed by atoms with E-state index < -0.39 is 9.84 Å². The topological polar surface area (TPSA) is 87.0 Å². The van der Waals surface area contributed by atoms with Gasteiger partial charge in [-0.15, -0.1) is 0 Å². The molecule has 1 aliphatic carbocycles. The Morgan fingerprint density at radius 1 is 1.36 bits per heavy atom. The molecule has 0 atom stereocenters. The number of nitrogens with zero attached hydrogens (tertiary/aromatic N) is 1. The minimum absolute atomic E-state index is 0.0730. The molecule has 1 aromatic rings. The predicted molar refractivity (Wildman–Crippen MR) is 85.5 cm³/mol. The highest BCUT2D eigenvalue weighted by Crippen LogP contribution is 2.25. The molecule has 1 N–H and O–H groups in total. The molecule has 0 heterocycles. The molecule has 1 aromatic carbocycles. The Hall–Kier alpha value is -1.58. The van der Waals surface area contributed by atoms with Crippen LogP contribution in [0.4, 0.5) is 5.69 Å². The number of nitriles is 1. The molecule has 5 nitrogen and oxygen atoms in total. The number of carbonyl (C=O) groups is 1. The average Bonchev–Trinajstić information content (AvgIpc) is 3.00. The van der Waals surface area contributed by atoms with Gasteiger partial charge in [0.2, 0.25) is 5.91 Å². The molecule has 0 spiro atoms. The van der Waals surface area contributed by atoms with Crippen molar-refractivity contribution >= 4 is 33.0 Å². The maximum absolute atomic E-state index is 12.1. The van der Waals surface area contributed by atoms with E-state index in [0.29, 0.717) is 24.1 Å². The summed E-state index contributed by atoms with van der Waals surface area (Å²) in [5, 5.41) is 11.3. The normalized spacial score (nSPS) is 15.5. The molecule has 1 saturated carbocycles. The van der Waals surface area contributed by atoms with Crippen molar-refractivity contribution in [2.75, 3.05) is 11.1 Å². The molecule has 7 heteroatoms. The van der Waals surface area contributed by atoms with E-state index in [1.807, 2.05) is 6.07 Å². The van der Waals surface area contributed by atoms with E-state index in [0.717, 1.165) is 12.8 Å². The highest BCUT2D eigenvalue weighted by molar-refractivity contribution is 7.92.